The lowest BCUT2D eigenvalue weighted by Gasteiger charge is -2.03. The minimum absolute atomic E-state index is 0.135. The van der Waals surface area contributed by atoms with Gasteiger partial charge >= 0.3 is 0 Å². The number of benzene rings is 1. The fourth-order valence-corrected chi connectivity index (χ4v) is 1.80. The van der Waals surface area contributed by atoms with Gasteiger partial charge in [-0.15, -0.1) is 0 Å². The number of nitrogens with one attached hydrogen (secondary N) is 1. The van der Waals surface area contributed by atoms with Crippen molar-refractivity contribution >= 4 is 22.6 Å². The molecule has 1 aliphatic carbocycles. The molecule has 0 spiro atoms. The van der Waals surface area contributed by atoms with Crippen LogP contribution in [0, 0.1) is 5.92 Å². The number of aromatic nitrogens is 2. The third kappa shape index (κ3) is 1.56. The van der Waals surface area contributed by atoms with Crippen LogP contribution in [0.15, 0.2) is 24.5 Å². The maximum absolute atomic E-state index is 11.6. The van der Waals surface area contributed by atoms with E-state index in [4.69, 9.17) is 0 Å². The number of aryl methyl sites for hydroxylation is 1. The van der Waals surface area contributed by atoms with E-state index < -0.39 is 0 Å². The highest BCUT2D eigenvalue weighted by molar-refractivity contribution is 5.95. The average Bonchev–Trinajstić information content (AvgIpc) is 3.05. The number of hydrogen-bond acceptors (Lipinski definition) is 2. The number of hydrogen-bond donors (Lipinski definition) is 1. The SMILES string of the molecule is Cn1cnc2cc(NC(=O)C3CC3)ccc21. The van der Waals surface area contributed by atoms with E-state index in [0.29, 0.717) is 0 Å². The number of imidazole rings is 1. The van der Waals surface area contributed by atoms with Gasteiger partial charge in [-0.2, -0.15) is 0 Å². The van der Waals surface area contributed by atoms with Crippen LogP contribution < -0.4 is 5.32 Å². The quantitative estimate of drug-likeness (QED) is 0.832. The first kappa shape index (κ1) is 9.39. The Morgan fingerprint density at radius 1 is 1.50 bits per heavy atom. The predicted octanol–water partition coefficient (Wildman–Crippen LogP) is 1.92. The maximum atomic E-state index is 11.6. The molecular weight excluding hydrogens is 202 g/mol. The van der Waals surface area contributed by atoms with Crippen LogP contribution in [-0.2, 0) is 11.8 Å². The van der Waals surface area contributed by atoms with Gasteiger partial charge in [0.05, 0.1) is 17.4 Å². The van der Waals surface area contributed by atoms with E-state index in [9.17, 15) is 4.79 Å². The summed E-state index contributed by atoms with van der Waals surface area (Å²) in [5.41, 5.74) is 2.82. The van der Waals surface area contributed by atoms with Crippen molar-refractivity contribution in [2.75, 3.05) is 5.32 Å². The largest absolute Gasteiger partial charge is 0.334 e. The lowest BCUT2D eigenvalue weighted by Crippen LogP contribution is -2.13. The van der Waals surface area contributed by atoms with E-state index in [1.807, 2.05) is 29.8 Å². The Morgan fingerprint density at radius 3 is 3.06 bits per heavy atom. The monoisotopic (exact) mass is 215 g/mol. The van der Waals surface area contributed by atoms with Crippen LogP contribution in [0.2, 0.25) is 0 Å². The number of carbonyl (C=O) groups excluding carboxylic acids is 1. The van der Waals surface area contributed by atoms with Crippen molar-refractivity contribution in [2.45, 2.75) is 12.8 Å². The van der Waals surface area contributed by atoms with Crippen LogP contribution in [-0.4, -0.2) is 15.5 Å². The number of anilines is 1. The van der Waals surface area contributed by atoms with Crippen LogP contribution in [0.25, 0.3) is 11.0 Å². The minimum atomic E-state index is 0.135. The number of carbonyl (C=O) groups is 1. The van der Waals surface area contributed by atoms with Gasteiger partial charge < -0.3 is 9.88 Å². The molecule has 3 rings (SSSR count). The summed E-state index contributed by atoms with van der Waals surface area (Å²) in [7, 11) is 1.96. The van der Waals surface area contributed by atoms with Crippen molar-refractivity contribution in [1.29, 1.82) is 0 Å². The molecule has 4 nitrogen and oxygen atoms in total. The van der Waals surface area contributed by atoms with Crippen molar-refractivity contribution in [3.63, 3.8) is 0 Å². The number of nitrogens with zero attached hydrogens (tertiary/aromatic N) is 2. The van der Waals surface area contributed by atoms with Crippen molar-refractivity contribution in [1.82, 2.24) is 9.55 Å². The Balaban J connectivity index is 1.89. The van der Waals surface area contributed by atoms with E-state index in [-0.39, 0.29) is 11.8 Å². The number of fused-ring (bicyclic) bond motifs is 1. The van der Waals surface area contributed by atoms with Crippen molar-refractivity contribution in [2.24, 2.45) is 13.0 Å². The molecule has 1 amide bonds. The summed E-state index contributed by atoms with van der Waals surface area (Å²) in [6.07, 6.45) is 3.83. The molecule has 0 unspecified atom stereocenters. The molecule has 1 aromatic heterocycles. The third-order valence-electron chi connectivity index (χ3n) is 2.94. The van der Waals surface area contributed by atoms with Gasteiger partial charge in [0.1, 0.15) is 0 Å². The fraction of sp³-hybridized carbons (Fsp3) is 0.333. The van der Waals surface area contributed by atoms with E-state index in [1.165, 1.54) is 0 Å². The van der Waals surface area contributed by atoms with Crippen molar-refractivity contribution < 1.29 is 4.79 Å². The molecule has 16 heavy (non-hydrogen) atoms. The highest BCUT2D eigenvalue weighted by Gasteiger charge is 2.29. The Morgan fingerprint density at radius 2 is 2.31 bits per heavy atom. The predicted molar refractivity (Wildman–Crippen MR) is 62.1 cm³/mol. The zero-order valence-corrected chi connectivity index (χ0v) is 9.10. The first-order chi connectivity index (χ1) is 7.74. The molecule has 0 radical (unpaired) electrons. The summed E-state index contributed by atoms with van der Waals surface area (Å²) in [5.74, 6) is 0.370. The zero-order chi connectivity index (χ0) is 11.1. The molecule has 0 bridgehead atoms. The first-order valence-electron chi connectivity index (χ1n) is 5.46. The average molecular weight is 215 g/mol. The van der Waals surface area contributed by atoms with E-state index in [2.05, 4.69) is 10.3 Å². The van der Waals surface area contributed by atoms with Gasteiger partial charge in [0, 0.05) is 18.7 Å². The van der Waals surface area contributed by atoms with Gasteiger partial charge in [-0.3, -0.25) is 4.79 Å². The Bertz CT molecular complexity index is 554. The Kier molecular flexibility index (Phi) is 1.96. The smallest absolute Gasteiger partial charge is 0.227 e. The second kappa shape index (κ2) is 3.33. The van der Waals surface area contributed by atoms with Crippen LogP contribution in [0.5, 0.6) is 0 Å². The topological polar surface area (TPSA) is 46.9 Å². The molecule has 0 saturated heterocycles. The Labute approximate surface area is 93.3 Å². The molecule has 1 aliphatic rings. The molecule has 1 N–H and O–H groups in total. The molecule has 0 aliphatic heterocycles. The Hall–Kier alpha value is -1.84. The minimum Gasteiger partial charge on any atom is -0.334 e. The second-order valence-electron chi connectivity index (χ2n) is 4.32. The molecule has 1 fully saturated rings. The first-order valence-corrected chi connectivity index (χ1v) is 5.46. The van der Waals surface area contributed by atoms with Gasteiger partial charge in [-0.1, -0.05) is 0 Å². The summed E-state index contributed by atoms with van der Waals surface area (Å²) in [6, 6.07) is 5.81. The molecule has 2 aromatic rings. The zero-order valence-electron chi connectivity index (χ0n) is 9.10. The summed E-state index contributed by atoms with van der Waals surface area (Å²) >= 11 is 0. The maximum Gasteiger partial charge on any atom is 0.227 e. The van der Waals surface area contributed by atoms with Crippen LogP contribution >= 0.6 is 0 Å². The van der Waals surface area contributed by atoms with Gasteiger partial charge in [-0.05, 0) is 31.0 Å². The van der Waals surface area contributed by atoms with Gasteiger partial charge in [0.2, 0.25) is 5.91 Å². The van der Waals surface area contributed by atoms with Crippen molar-refractivity contribution in [3.8, 4) is 0 Å². The van der Waals surface area contributed by atoms with E-state index in [1.54, 1.807) is 6.33 Å². The van der Waals surface area contributed by atoms with Crippen LogP contribution in [0.4, 0.5) is 5.69 Å². The molecule has 0 atom stereocenters. The molecule has 1 saturated carbocycles. The highest BCUT2D eigenvalue weighted by atomic mass is 16.2. The van der Waals surface area contributed by atoms with Gasteiger partial charge in [0.25, 0.3) is 0 Å². The second-order valence-corrected chi connectivity index (χ2v) is 4.32. The lowest BCUT2D eigenvalue weighted by atomic mass is 10.2. The standard InChI is InChI=1S/C12H13N3O/c1-15-7-13-10-6-9(4-5-11(10)15)14-12(16)8-2-3-8/h4-8H,2-3H2,1H3,(H,14,16). The summed E-state index contributed by atoms with van der Waals surface area (Å²) in [6.45, 7) is 0. The lowest BCUT2D eigenvalue weighted by molar-refractivity contribution is -0.117. The number of amides is 1. The number of rotatable bonds is 2. The van der Waals surface area contributed by atoms with Crippen LogP contribution in [0.1, 0.15) is 12.8 Å². The molecule has 1 heterocycles. The summed E-state index contributed by atoms with van der Waals surface area (Å²) < 4.78 is 1.96. The van der Waals surface area contributed by atoms with E-state index >= 15 is 0 Å². The molecule has 4 heteroatoms. The third-order valence-corrected chi connectivity index (χ3v) is 2.94. The highest BCUT2D eigenvalue weighted by Crippen LogP contribution is 2.30. The molecule has 1 aromatic carbocycles. The fourth-order valence-electron chi connectivity index (χ4n) is 1.80. The van der Waals surface area contributed by atoms with Gasteiger partial charge in [-0.25, -0.2) is 4.98 Å². The van der Waals surface area contributed by atoms with Crippen LogP contribution in [0.3, 0.4) is 0 Å². The summed E-state index contributed by atoms with van der Waals surface area (Å²) in [4.78, 5) is 15.8. The molecular formula is C12H13N3O. The van der Waals surface area contributed by atoms with Gasteiger partial charge in [0.15, 0.2) is 0 Å². The van der Waals surface area contributed by atoms with E-state index in [0.717, 1.165) is 29.6 Å². The molecule has 82 valence electrons. The normalized spacial score (nSPS) is 15.3. The van der Waals surface area contributed by atoms with Crippen molar-refractivity contribution in [3.05, 3.63) is 24.5 Å². The summed E-state index contributed by atoms with van der Waals surface area (Å²) in [5, 5.41) is 2.92.